The van der Waals surface area contributed by atoms with E-state index in [1.165, 1.54) is 0 Å². The minimum Gasteiger partial charge on any atom is -0.462 e. The van der Waals surface area contributed by atoms with Gasteiger partial charge in [-0.05, 0) is 13.8 Å². The van der Waals surface area contributed by atoms with Crippen LogP contribution >= 0.6 is 34.8 Å². The van der Waals surface area contributed by atoms with Crippen molar-refractivity contribution in [1.29, 1.82) is 0 Å². The molecule has 1 rings (SSSR count). The fraction of sp³-hybridized carbons (Fsp3) is 0.556. The summed E-state index contributed by atoms with van der Waals surface area (Å²) < 4.78 is 3.20. The second kappa shape index (κ2) is 5.33. The van der Waals surface area contributed by atoms with Crippen LogP contribution in [0.4, 0.5) is 0 Å². The van der Waals surface area contributed by atoms with Crippen LogP contribution in [-0.4, -0.2) is 28.4 Å². The first-order valence-electron chi connectivity index (χ1n) is 4.82. The van der Waals surface area contributed by atoms with E-state index in [9.17, 15) is 4.79 Å². The first-order valence-corrected chi connectivity index (χ1v) is 5.95. The van der Waals surface area contributed by atoms with E-state index in [2.05, 4.69) is 10.3 Å². The Kier molecular flexibility index (Phi) is 4.52. The molecule has 0 aliphatic carbocycles. The Labute approximate surface area is 114 Å². The maximum Gasteiger partial charge on any atom is 0.343 e. The molecule has 0 aromatic rings. The number of nitrogens with two attached hydrogens (primary N) is 1. The van der Waals surface area contributed by atoms with Gasteiger partial charge in [0.1, 0.15) is 11.4 Å². The Bertz CT molecular complexity index is 387. The highest BCUT2D eigenvalue weighted by Gasteiger charge is 2.37. The summed E-state index contributed by atoms with van der Waals surface area (Å²) in [7, 11) is 0. The molecule has 0 radical (unpaired) electrons. The van der Waals surface area contributed by atoms with Crippen molar-refractivity contribution in [2.75, 3.05) is 6.61 Å². The number of esters is 1. The highest BCUT2D eigenvalue weighted by atomic mass is 35.6. The summed E-state index contributed by atoms with van der Waals surface area (Å²) in [5, 5.41) is 2.79. The standard InChI is InChI=1S/C9H12Cl3N3O2/c1-3-17-7(16)5-4(2)14-8(9(10,11)12)15-6(5)13/h8,14H,3H2,1-2H3,(H2,13,15). The Morgan fingerprint density at radius 2 is 2.18 bits per heavy atom. The van der Waals surface area contributed by atoms with E-state index in [4.69, 9.17) is 45.3 Å². The fourth-order valence-corrected chi connectivity index (χ4v) is 1.63. The number of carbonyl (C=O) groups is 1. The van der Waals surface area contributed by atoms with E-state index in [-0.39, 0.29) is 18.0 Å². The first kappa shape index (κ1) is 14.4. The number of ether oxygens (including phenoxy) is 1. The number of nitrogens with zero attached hydrogens (tertiary/aromatic N) is 1. The minimum absolute atomic E-state index is 0.00368. The summed E-state index contributed by atoms with van der Waals surface area (Å²) in [6.45, 7) is 3.58. The smallest absolute Gasteiger partial charge is 0.343 e. The highest BCUT2D eigenvalue weighted by Crippen LogP contribution is 2.33. The second-order valence-corrected chi connectivity index (χ2v) is 5.69. The molecule has 3 N–H and O–H groups in total. The first-order chi connectivity index (χ1) is 7.77. The third kappa shape index (κ3) is 3.40. The summed E-state index contributed by atoms with van der Waals surface area (Å²) >= 11 is 17.1. The van der Waals surface area contributed by atoms with E-state index in [0.29, 0.717) is 5.70 Å². The van der Waals surface area contributed by atoms with Crippen molar-refractivity contribution in [3.05, 3.63) is 11.3 Å². The Morgan fingerprint density at radius 3 is 2.59 bits per heavy atom. The van der Waals surface area contributed by atoms with Crippen molar-refractivity contribution < 1.29 is 9.53 Å². The van der Waals surface area contributed by atoms with Gasteiger partial charge in [-0.2, -0.15) is 0 Å². The molecule has 1 aliphatic rings. The lowest BCUT2D eigenvalue weighted by molar-refractivity contribution is -0.138. The highest BCUT2D eigenvalue weighted by molar-refractivity contribution is 6.68. The van der Waals surface area contributed by atoms with Gasteiger partial charge in [0.2, 0.25) is 3.79 Å². The Hall–Kier alpha value is -0.650. The van der Waals surface area contributed by atoms with Crippen LogP contribution in [0.25, 0.3) is 0 Å². The molecule has 0 fully saturated rings. The van der Waals surface area contributed by atoms with Crippen molar-refractivity contribution in [3.8, 4) is 0 Å². The van der Waals surface area contributed by atoms with Crippen LogP contribution in [0.5, 0.6) is 0 Å². The monoisotopic (exact) mass is 299 g/mol. The normalized spacial score (nSPS) is 20.8. The molecule has 0 saturated carbocycles. The number of alkyl halides is 3. The molecule has 1 atom stereocenters. The average Bonchev–Trinajstić information content (AvgIpc) is 2.15. The summed E-state index contributed by atoms with van der Waals surface area (Å²) in [5.41, 5.74) is 6.29. The SMILES string of the molecule is CCOC(=O)C1=C(C)NC(C(Cl)(Cl)Cl)N=C1N. The number of hydrogen-bond acceptors (Lipinski definition) is 5. The molecule has 0 saturated heterocycles. The molecule has 0 amide bonds. The molecule has 8 heteroatoms. The maximum atomic E-state index is 11.6. The van der Waals surface area contributed by atoms with Crippen molar-refractivity contribution in [1.82, 2.24) is 5.32 Å². The summed E-state index contributed by atoms with van der Waals surface area (Å²) in [5.74, 6) is -0.558. The molecule has 96 valence electrons. The fourth-order valence-electron chi connectivity index (χ4n) is 1.32. The van der Waals surface area contributed by atoms with Gasteiger partial charge in [0.15, 0.2) is 6.17 Å². The van der Waals surface area contributed by atoms with E-state index in [1.54, 1.807) is 13.8 Å². The van der Waals surface area contributed by atoms with Gasteiger partial charge in [-0.3, -0.25) is 0 Å². The number of hydrogen-bond donors (Lipinski definition) is 2. The lowest BCUT2D eigenvalue weighted by Crippen LogP contribution is -2.45. The van der Waals surface area contributed by atoms with Crippen LogP contribution < -0.4 is 11.1 Å². The Balaban J connectivity index is 2.98. The molecular formula is C9H12Cl3N3O2. The van der Waals surface area contributed by atoms with E-state index >= 15 is 0 Å². The van der Waals surface area contributed by atoms with Gasteiger partial charge in [0.25, 0.3) is 0 Å². The zero-order valence-electron chi connectivity index (χ0n) is 9.26. The van der Waals surface area contributed by atoms with Gasteiger partial charge in [-0.25, -0.2) is 9.79 Å². The molecule has 0 aromatic heterocycles. The van der Waals surface area contributed by atoms with Crippen molar-refractivity contribution in [2.24, 2.45) is 10.7 Å². The quantitative estimate of drug-likeness (QED) is 0.598. The van der Waals surface area contributed by atoms with Crippen molar-refractivity contribution >= 4 is 46.6 Å². The van der Waals surface area contributed by atoms with Crippen LogP contribution in [-0.2, 0) is 9.53 Å². The van der Waals surface area contributed by atoms with Gasteiger partial charge < -0.3 is 15.8 Å². The molecule has 1 unspecified atom stereocenters. The molecule has 1 heterocycles. The van der Waals surface area contributed by atoms with Gasteiger partial charge in [-0.15, -0.1) is 0 Å². The number of carbonyl (C=O) groups excluding carboxylic acids is 1. The minimum atomic E-state index is -1.65. The molecule has 0 bridgehead atoms. The van der Waals surface area contributed by atoms with Gasteiger partial charge in [-0.1, -0.05) is 34.8 Å². The zero-order chi connectivity index (χ0) is 13.2. The van der Waals surface area contributed by atoms with Crippen LogP contribution in [0.15, 0.2) is 16.3 Å². The van der Waals surface area contributed by atoms with Crippen LogP contribution in [0, 0.1) is 0 Å². The van der Waals surface area contributed by atoms with E-state index < -0.39 is 15.9 Å². The van der Waals surface area contributed by atoms with Crippen molar-refractivity contribution in [3.63, 3.8) is 0 Å². The third-order valence-electron chi connectivity index (χ3n) is 2.04. The van der Waals surface area contributed by atoms with E-state index in [1.807, 2.05) is 0 Å². The molecule has 5 nitrogen and oxygen atoms in total. The topological polar surface area (TPSA) is 76.7 Å². The average molecular weight is 301 g/mol. The number of allylic oxidation sites excluding steroid dienone is 1. The summed E-state index contributed by atoms with van der Waals surface area (Å²) in [6, 6.07) is 0. The van der Waals surface area contributed by atoms with E-state index in [0.717, 1.165) is 0 Å². The summed E-state index contributed by atoms with van der Waals surface area (Å²) in [6.07, 6.45) is -0.828. The number of halogens is 3. The van der Waals surface area contributed by atoms with Crippen LogP contribution in [0.2, 0.25) is 0 Å². The van der Waals surface area contributed by atoms with Crippen LogP contribution in [0.1, 0.15) is 13.8 Å². The number of aliphatic imine (C=N–C) groups is 1. The maximum absolute atomic E-state index is 11.6. The van der Waals surface area contributed by atoms with Crippen LogP contribution in [0.3, 0.4) is 0 Å². The number of nitrogens with one attached hydrogen (secondary N) is 1. The molecule has 1 aliphatic heterocycles. The summed E-state index contributed by atoms with van der Waals surface area (Å²) in [4.78, 5) is 15.5. The molecular weight excluding hydrogens is 288 g/mol. The van der Waals surface area contributed by atoms with Gasteiger partial charge in [0, 0.05) is 5.70 Å². The predicted molar refractivity (Wildman–Crippen MR) is 68.2 cm³/mol. The predicted octanol–water partition coefficient (Wildman–Crippen LogP) is 1.48. The second-order valence-electron chi connectivity index (χ2n) is 3.32. The zero-order valence-corrected chi connectivity index (χ0v) is 11.5. The largest absolute Gasteiger partial charge is 0.462 e. The lowest BCUT2D eigenvalue weighted by Gasteiger charge is -2.28. The third-order valence-corrected chi connectivity index (χ3v) is 2.66. The Morgan fingerprint density at radius 1 is 1.59 bits per heavy atom. The lowest BCUT2D eigenvalue weighted by atomic mass is 10.1. The molecule has 0 spiro atoms. The van der Waals surface area contributed by atoms with Crippen molar-refractivity contribution in [2.45, 2.75) is 23.8 Å². The molecule has 17 heavy (non-hydrogen) atoms. The molecule has 0 aromatic carbocycles. The van der Waals surface area contributed by atoms with Gasteiger partial charge >= 0.3 is 5.97 Å². The number of amidine groups is 1. The van der Waals surface area contributed by atoms with Gasteiger partial charge in [0.05, 0.1) is 6.61 Å². The number of rotatable bonds is 2.